The Morgan fingerprint density at radius 2 is 1.37 bits per heavy atom. The van der Waals surface area contributed by atoms with Crippen molar-refractivity contribution in [2.45, 2.75) is 0 Å². The zero-order valence-electron chi connectivity index (χ0n) is 22.7. The van der Waals surface area contributed by atoms with Gasteiger partial charge in [-0.15, -0.1) is 0 Å². The van der Waals surface area contributed by atoms with Gasteiger partial charge in [0.2, 0.25) is 0 Å². The summed E-state index contributed by atoms with van der Waals surface area (Å²) < 4.78 is 8.76. The normalized spacial score (nSPS) is 11.7. The highest BCUT2D eigenvalue weighted by Gasteiger charge is 2.21. The molecule has 0 saturated carbocycles. The van der Waals surface area contributed by atoms with E-state index in [1.807, 2.05) is 48.5 Å². The Bertz CT molecular complexity index is 2710. The molecule has 0 bridgehead atoms. The molecule has 43 heavy (non-hydrogen) atoms. The zero-order valence-corrected chi connectivity index (χ0v) is 22.7. The van der Waals surface area contributed by atoms with Crippen LogP contribution < -0.4 is 0 Å². The van der Waals surface area contributed by atoms with Gasteiger partial charge in [0.05, 0.1) is 39.3 Å². The monoisotopic (exact) mass is 548 g/mol. The van der Waals surface area contributed by atoms with Crippen LogP contribution in [0, 0.1) is 22.7 Å². The van der Waals surface area contributed by atoms with Crippen LogP contribution in [0.2, 0.25) is 0 Å². The van der Waals surface area contributed by atoms with Crippen molar-refractivity contribution in [1.29, 1.82) is 10.5 Å². The number of furan rings is 1. The predicted octanol–water partition coefficient (Wildman–Crippen LogP) is 9.73. The second-order valence-electron chi connectivity index (χ2n) is 10.9. The van der Waals surface area contributed by atoms with Crippen molar-refractivity contribution < 1.29 is 4.42 Å². The number of nitrogens with one attached hydrogen (secondary N) is 1. The molecule has 0 aliphatic rings. The summed E-state index contributed by atoms with van der Waals surface area (Å²) in [6.07, 6.45) is 0. The summed E-state index contributed by atoms with van der Waals surface area (Å²) in [6.45, 7) is 0. The summed E-state index contributed by atoms with van der Waals surface area (Å²) in [6, 6.07) is 43.5. The van der Waals surface area contributed by atoms with E-state index >= 15 is 0 Å². The van der Waals surface area contributed by atoms with E-state index in [-0.39, 0.29) is 0 Å². The SMILES string of the molecule is N#Cc1ccc(-n2c3ccccc3c3c4oc5c(C#N)cccc5c4ccc32)c(-c2ccc3[nH]c4ccccc4c3c2)c1. The summed E-state index contributed by atoms with van der Waals surface area (Å²) >= 11 is 0. The average molecular weight is 549 g/mol. The maximum atomic E-state index is 9.89. The molecule has 0 amide bonds. The Kier molecular flexibility index (Phi) is 4.68. The van der Waals surface area contributed by atoms with E-state index in [0.717, 1.165) is 71.4 Å². The molecule has 0 aliphatic heterocycles. The topological polar surface area (TPSA) is 81.4 Å². The number of aromatic amines is 1. The lowest BCUT2D eigenvalue weighted by Crippen LogP contribution is -1.98. The van der Waals surface area contributed by atoms with Crippen LogP contribution in [0.4, 0.5) is 0 Å². The van der Waals surface area contributed by atoms with Crippen molar-refractivity contribution in [3.8, 4) is 29.0 Å². The second kappa shape index (κ2) is 8.60. The Morgan fingerprint density at radius 3 is 2.26 bits per heavy atom. The molecule has 9 aromatic rings. The molecule has 0 radical (unpaired) electrons. The average Bonchev–Trinajstić information content (AvgIpc) is 3.73. The van der Waals surface area contributed by atoms with Gasteiger partial charge in [0.25, 0.3) is 0 Å². The molecule has 1 N–H and O–H groups in total. The molecule has 3 heterocycles. The molecular weight excluding hydrogens is 528 g/mol. The third kappa shape index (κ3) is 3.19. The van der Waals surface area contributed by atoms with E-state index in [2.05, 4.69) is 82.4 Å². The number of benzene rings is 6. The van der Waals surface area contributed by atoms with Crippen LogP contribution in [0.1, 0.15) is 11.1 Å². The molecule has 0 unspecified atom stereocenters. The number of hydrogen-bond acceptors (Lipinski definition) is 3. The van der Waals surface area contributed by atoms with Gasteiger partial charge in [-0.25, -0.2) is 0 Å². The lowest BCUT2D eigenvalue weighted by atomic mass is 9.98. The van der Waals surface area contributed by atoms with Crippen molar-refractivity contribution in [2.75, 3.05) is 0 Å². The summed E-state index contributed by atoms with van der Waals surface area (Å²) in [4.78, 5) is 3.52. The molecule has 5 nitrogen and oxygen atoms in total. The Hall–Kier alpha value is -6.30. The van der Waals surface area contributed by atoms with Crippen LogP contribution >= 0.6 is 0 Å². The fraction of sp³-hybridized carbons (Fsp3) is 0. The molecule has 0 atom stereocenters. The maximum absolute atomic E-state index is 9.89. The van der Waals surface area contributed by atoms with Gasteiger partial charge in [0, 0.05) is 43.5 Å². The van der Waals surface area contributed by atoms with Crippen molar-refractivity contribution in [3.63, 3.8) is 0 Å². The molecule has 0 fully saturated rings. The maximum Gasteiger partial charge on any atom is 0.153 e. The Morgan fingerprint density at radius 1 is 0.581 bits per heavy atom. The summed E-state index contributed by atoms with van der Waals surface area (Å²) in [5, 5.41) is 25.9. The third-order valence-electron chi connectivity index (χ3n) is 8.60. The van der Waals surface area contributed by atoms with Gasteiger partial charge in [0.1, 0.15) is 11.7 Å². The van der Waals surface area contributed by atoms with Crippen molar-refractivity contribution in [1.82, 2.24) is 9.55 Å². The molecule has 5 heteroatoms. The largest absolute Gasteiger partial charge is 0.454 e. The van der Waals surface area contributed by atoms with Crippen LogP contribution in [0.15, 0.2) is 120 Å². The highest BCUT2D eigenvalue weighted by molar-refractivity contribution is 6.24. The lowest BCUT2D eigenvalue weighted by molar-refractivity contribution is 0.671. The van der Waals surface area contributed by atoms with Crippen LogP contribution in [0.25, 0.3) is 82.4 Å². The third-order valence-corrected chi connectivity index (χ3v) is 8.60. The summed E-state index contributed by atoms with van der Waals surface area (Å²) in [7, 11) is 0. The quantitative estimate of drug-likeness (QED) is 0.233. The van der Waals surface area contributed by atoms with Gasteiger partial charge in [-0.1, -0.05) is 54.6 Å². The first kappa shape index (κ1) is 23.4. The lowest BCUT2D eigenvalue weighted by Gasteiger charge is -2.15. The molecular formula is C38H20N4O. The zero-order chi connectivity index (χ0) is 28.7. The first-order chi connectivity index (χ1) is 21.2. The first-order valence-corrected chi connectivity index (χ1v) is 14.1. The van der Waals surface area contributed by atoms with Gasteiger partial charge in [0.15, 0.2) is 5.58 Å². The minimum atomic E-state index is 0.521. The van der Waals surface area contributed by atoms with Crippen LogP contribution in [-0.2, 0) is 0 Å². The summed E-state index contributed by atoms with van der Waals surface area (Å²) in [5.41, 5.74) is 9.64. The molecule has 6 aromatic carbocycles. The first-order valence-electron chi connectivity index (χ1n) is 14.1. The van der Waals surface area contributed by atoms with Crippen molar-refractivity contribution >= 4 is 65.6 Å². The number of para-hydroxylation sites is 3. The number of nitrogens with zero attached hydrogens (tertiary/aromatic N) is 3. The van der Waals surface area contributed by atoms with Crippen LogP contribution in [-0.4, -0.2) is 9.55 Å². The molecule has 0 saturated heterocycles. The van der Waals surface area contributed by atoms with E-state index in [0.29, 0.717) is 16.7 Å². The van der Waals surface area contributed by atoms with E-state index in [1.165, 1.54) is 5.39 Å². The van der Waals surface area contributed by atoms with Gasteiger partial charge < -0.3 is 14.0 Å². The van der Waals surface area contributed by atoms with Gasteiger partial charge in [-0.2, -0.15) is 10.5 Å². The standard InChI is InChI=1S/C38H20N4O/c39-20-22-12-16-34(29(18-22)23-13-15-32-30(19-23)25-7-1-3-10-31(25)41-32)42-33-11-4-2-8-28(33)36-35(42)17-14-27-26-9-5-6-24(21-40)37(26)43-38(27)36/h1-19,41H. The molecule has 9 rings (SSSR count). The minimum absolute atomic E-state index is 0.521. The minimum Gasteiger partial charge on any atom is -0.454 e. The number of aromatic nitrogens is 2. The van der Waals surface area contributed by atoms with Gasteiger partial charge in [-0.05, 0) is 66.2 Å². The van der Waals surface area contributed by atoms with Crippen molar-refractivity contribution in [3.05, 3.63) is 126 Å². The highest BCUT2D eigenvalue weighted by Crippen LogP contribution is 2.43. The fourth-order valence-corrected chi connectivity index (χ4v) is 6.70. The molecule has 198 valence electrons. The van der Waals surface area contributed by atoms with Crippen LogP contribution in [0.3, 0.4) is 0 Å². The molecule has 0 aliphatic carbocycles. The second-order valence-corrected chi connectivity index (χ2v) is 10.9. The fourth-order valence-electron chi connectivity index (χ4n) is 6.70. The highest BCUT2D eigenvalue weighted by atomic mass is 16.3. The number of fused-ring (bicyclic) bond motifs is 10. The predicted molar refractivity (Wildman–Crippen MR) is 172 cm³/mol. The van der Waals surface area contributed by atoms with Gasteiger partial charge >= 0.3 is 0 Å². The number of hydrogen-bond donors (Lipinski definition) is 1. The number of H-pyrrole nitrogens is 1. The van der Waals surface area contributed by atoms with E-state index < -0.39 is 0 Å². The van der Waals surface area contributed by atoms with Crippen molar-refractivity contribution in [2.24, 2.45) is 0 Å². The number of rotatable bonds is 2. The number of nitriles is 2. The summed E-state index contributed by atoms with van der Waals surface area (Å²) in [5.74, 6) is 0. The van der Waals surface area contributed by atoms with E-state index in [9.17, 15) is 10.5 Å². The smallest absolute Gasteiger partial charge is 0.153 e. The van der Waals surface area contributed by atoms with E-state index in [1.54, 1.807) is 6.07 Å². The molecule has 0 spiro atoms. The molecule has 3 aromatic heterocycles. The van der Waals surface area contributed by atoms with E-state index in [4.69, 9.17) is 4.42 Å². The van der Waals surface area contributed by atoms with Crippen LogP contribution in [0.5, 0.6) is 0 Å². The Balaban J connectivity index is 1.39. The Labute approximate surface area is 245 Å². The van der Waals surface area contributed by atoms with Gasteiger partial charge in [-0.3, -0.25) is 0 Å².